The minimum Gasteiger partial charge on any atom is -0.349 e. The number of nitrogens with one attached hydrogen (secondary N) is 2. The molecule has 2 N–H and O–H groups in total. The monoisotopic (exact) mass is 387 g/mol. The van der Waals surface area contributed by atoms with Crippen LogP contribution in [0.5, 0.6) is 0 Å². The summed E-state index contributed by atoms with van der Waals surface area (Å²) in [6, 6.07) is 6.21. The van der Waals surface area contributed by atoms with Crippen LogP contribution in [0.25, 0.3) is 0 Å². The number of likely N-dealkylation sites (tertiary alicyclic amines) is 1. The van der Waals surface area contributed by atoms with Crippen molar-refractivity contribution in [3.63, 3.8) is 0 Å². The summed E-state index contributed by atoms with van der Waals surface area (Å²) in [6.45, 7) is 2.79. The molecule has 0 bridgehead atoms. The number of hydrogen-bond donors (Lipinski definition) is 2. The van der Waals surface area contributed by atoms with Gasteiger partial charge in [-0.1, -0.05) is 0 Å². The molecule has 1 aromatic carbocycles. The lowest BCUT2D eigenvalue weighted by atomic mass is 10.0. The summed E-state index contributed by atoms with van der Waals surface area (Å²) in [4.78, 5) is 25.8. The first-order valence-electron chi connectivity index (χ1n) is 7.97. The van der Waals surface area contributed by atoms with E-state index in [0.717, 1.165) is 6.26 Å². The van der Waals surface area contributed by atoms with Crippen LogP contribution < -0.4 is 10.0 Å². The number of amides is 2. The second-order valence-electron chi connectivity index (χ2n) is 6.14. The highest BCUT2D eigenvalue weighted by Gasteiger charge is 2.26. The lowest BCUT2D eigenvalue weighted by Crippen LogP contribution is -2.48. The molecule has 0 spiro atoms. The van der Waals surface area contributed by atoms with E-state index in [1.54, 1.807) is 36.1 Å². The van der Waals surface area contributed by atoms with Gasteiger partial charge in [-0.05, 0) is 44.0 Å². The molecule has 1 fully saturated rings. The first kappa shape index (κ1) is 19.5. The molecule has 0 aromatic heterocycles. The minimum absolute atomic E-state index is 0.00370. The summed E-state index contributed by atoms with van der Waals surface area (Å²) in [7, 11) is -3.34. The van der Waals surface area contributed by atoms with E-state index in [4.69, 9.17) is 11.6 Å². The van der Waals surface area contributed by atoms with Gasteiger partial charge in [0.05, 0.1) is 6.26 Å². The van der Waals surface area contributed by atoms with Gasteiger partial charge in [-0.2, -0.15) is 0 Å². The number of halogens is 1. The molecule has 2 amide bonds. The van der Waals surface area contributed by atoms with Crippen LogP contribution in [0.3, 0.4) is 0 Å². The zero-order chi connectivity index (χ0) is 18.6. The minimum atomic E-state index is -3.34. The lowest BCUT2D eigenvalue weighted by Gasteiger charge is -2.33. The predicted molar refractivity (Wildman–Crippen MR) is 97.3 cm³/mol. The van der Waals surface area contributed by atoms with E-state index in [0.29, 0.717) is 37.2 Å². The van der Waals surface area contributed by atoms with Gasteiger partial charge in [-0.25, -0.2) is 8.42 Å². The molecule has 0 aliphatic carbocycles. The largest absolute Gasteiger partial charge is 0.349 e. The van der Waals surface area contributed by atoms with Crippen LogP contribution >= 0.6 is 11.6 Å². The maximum Gasteiger partial charge on any atom is 0.251 e. The Morgan fingerprint density at radius 2 is 1.76 bits per heavy atom. The Hall–Kier alpha value is -1.80. The molecule has 1 aromatic rings. The Morgan fingerprint density at radius 1 is 1.20 bits per heavy atom. The number of piperidine rings is 1. The molecule has 9 heteroatoms. The summed E-state index contributed by atoms with van der Waals surface area (Å²) in [6.07, 6.45) is 2.42. The van der Waals surface area contributed by atoms with E-state index in [1.807, 2.05) is 0 Å². The molecular weight excluding hydrogens is 366 g/mol. The van der Waals surface area contributed by atoms with Gasteiger partial charge >= 0.3 is 0 Å². The van der Waals surface area contributed by atoms with Gasteiger partial charge in [-0.15, -0.1) is 11.6 Å². The standard InChI is InChI=1S/C16H22ClN3O4S/c1-11(17)16(22)20-9-7-13(8-10-20)18-15(21)12-3-5-14(6-4-12)19-25(2,23)24/h3-6,11,13,19H,7-10H2,1-2H3,(H,18,21). The van der Waals surface area contributed by atoms with Crippen molar-refractivity contribution in [3.8, 4) is 0 Å². The Kier molecular flexibility index (Phi) is 6.29. The summed E-state index contributed by atoms with van der Waals surface area (Å²) in [5, 5.41) is 2.41. The molecule has 1 aliphatic rings. The van der Waals surface area contributed by atoms with Crippen molar-refractivity contribution < 1.29 is 18.0 Å². The number of hydrogen-bond acceptors (Lipinski definition) is 4. The molecule has 0 saturated carbocycles. The van der Waals surface area contributed by atoms with E-state index in [2.05, 4.69) is 10.0 Å². The van der Waals surface area contributed by atoms with Crippen LogP contribution in [0.15, 0.2) is 24.3 Å². The number of nitrogens with zero attached hydrogens (tertiary/aromatic N) is 1. The van der Waals surface area contributed by atoms with Gasteiger partial charge in [0.2, 0.25) is 15.9 Å². The van der Waals surface area contributed by atoms with Gasteiger partial charge in [0, 0.05) is 30.4 Å². The van der Waals surface area contributed by atoms with Gasteiger partial charge in [0.15, 0.2) is 0 Å². The first-order valence-corrected chi connectivity index (χ1v) is 10.3. The summed E-state index contributed by atoms with van der Waals surface area (Å²) in [5.74, 6) is -0.304. The number of anilines is 1. The number of sulfonamides is 1. The van der Waals surface area contributed by atoms with Crippen molar-refractivity contribution in [2.75, 3.05) is 24.1 Å². The SMILES string of the molecule is CC(Cl)C(=O)N1CCC(NC(=O)c2ccc(NS(C)(=O)=O)cc2)CC1. The summed E-state index contributed by atoms with van der Waals surface area (Å²) >= 11 is 5.81. The quantitative estimate of drug-likeness (QED) is 0.746. The van der Waals surface area contributed by atoms with Crippen LogP contribution in [-0.2, 0) is 14.8 Å². The van der Waals surface area contributed by atoms with Crippen molar-refractivity contribution >= 4 is 39.1 Å². The number of alkyl halides is 1. The molecule has 1 atom stereocenters. The Bertz CT molecular complexity index is 726. The van der Waals surface area contributed by atoms with Gasteiger partial charge in [-0.3, -0.25) is 14.3 Å². The molecule has 0 radical (unpaired) electrons. The zero-order valence-electron chi connectivity index (χ0n) is 14.2. The molecule has 1 unspecified atom stereocenters. The highest BCUT2D eigenvalue weighted by molar-refractivity contribution is 7.92. The van der Waals surface area contributed by atoms with E-state index in [-0.39, 0.29) is 17.9 Å². The smallest absolute Gasteiger partial charge is 0.251 e. The van der Waals surface area contributed by atoms with Crippen molar-refractivity contribution in [1.82, 2.24) is 10.2 Å². The van der Waals surface area contributed by atoms with E-state index >= 15 is 0 Å². The molecule has 25 heavy (non-hydrogen) atoms. The average Bonchev–Trinajstić information content (AvgIpc) is 2.54. The number of carbonyl (C=O) groups excluding carboxylic acids is 2. The topological polar surface area (TPSA) is 95.6 Å². The molecule has 138 valence electrons. The third-order valence-electron chi connectivity index (χ3n) is 3.93. The van der Waals surface area contributed by atoms with Crippen LogP contribution in [-0.4, -0.2) is 55.9 Å². The third kappa shape index (κ3) is 5.89. The summed E-state index contributed by atoms with van der Waals surface area (Å²) < 4.78 is 24.7. The molecular formula is C16H22ClN3O4S. The van der Waals surface area contributed by atoms with Crippen molar-refractivity contribution in [3.05, 3.63) is 29.8 Å². The molecule has 1 aliphatic heterocycles. The first-order chi connectivity index (χ1) is 11.7. The van der Waals surface area contributed by atoms with Crippen molar-refractivity contribution in [2.45, 2.75) is 31.2 Å². The fourth-order valence-corrected chi connectivity index (χ4v) is 3.37. The molecule has 2 rings (SSSR count). The van der Waals surface area contributed by atoms with Crippen LogP contribution in [0.1, 0.15) is 30.1 Å². The highest BCUT2D eigenvalue weighted by Crippen LogP contribution is 2.15. The van der Waals surface area contributed by atoms with Crippen molar-refractivity contribution in [1.29, 1.82) is 0 Å². The number of benzene rings is 1. The molecule has 1 saturated heterocycles. The zero-order valence-corrected chi connectivity index (χ0v) is 15.7. The van der Waals surface area contributed by atoms with E-state index < -0.39 is 15.4 Å². The van der Waals surface area contributed by atoms with E-state index in [1.165, 1.54) is 0 Å². The maximum atomic E-state index is 12.3. The maximum absolute atomic E-state index is 12.3. The highest BCUT2D eigenvalue weighted by atomic mass is 35.5. The lowest BCUT2D eigenvalue weighted by molar-refractivity contribution is -0.131. The fraction of sp³-hybridized carbons (Fsp3) is 0.500. The Balaban J connectivity index is 1.87. The van der Waals surface area contributed by atoms with Crippen LogP contribution in [0.4, 0.5) is 5.69 Å². The number of carbonyl (C=O) groups is 2. The normalized spacial score (nSPS) is 17.0. The average molecular weight is 388 g/mol. The third-order valence-corrected chi connectivity index (χ3v) is 4.73. The Morgan fingerprint density at radius 3 is 2.24 bits per heavy atom. The van der Waals surface area contributed by atoms with Gasteiger partial charge in [0.1, 0.15) is 5.38 Å². The molecule has 1 heterocycles. The van der Waals surface area contributed by atoms with Crippen LogP contribution in [0.2, 0.25) is 0 Å². The fourth-order valence-electron chi connectivity index (χ4n) is 2.67. The van der Waals surface area contributed by atoms with Crippen LogP contribution in [0, 0.1) is 0 Å². The van der Waals surface area contributed by atoms with E-state index in [9.17, 15) is 18.0 Å². The van der Waals surface area contributed by atoms with Crippen molar-refractivity contribution in [2.24, 2.45) is 0 Å². The van der Waals surface area contributed by atoms with Gasteiger partial charge in [0.25, 0.3) is 5.91 Å². The second-order valence-corrected chi connectivity index (χ2v) is 8.54. The second kappa shape index (κ2) is 8.05. The van der Waals surface area contributed by atoms with Gasteiger partial charge < -0.3 is 10.2 Å². The molecule has 7 nitrogen and oxygen atoms in total. The number of rotatable bonds is 5. The predicted octanol–water partition coefficient (Wildman–Crippen LogP) is 1.41. The Labute approximate surface area is 152 Å². The summed E-state index contributed by atoms with van der Waals surface area (Å²) in [5.41, 5.74) is 0.855.